The Morgan fingerprint density at radius 1 is 1.36 bits per heavy atom. The maximum Gasteiger partial charge on any atom is 0.229 e. The summed E-state index contributed by atoms with van der Waals surface area (Å²) in [7, 11) is 0. The molecule has 0 heterocycles. The number of aliphatic hydroxyl groups is 1. The van der Waals surface area contributed by atoms with E-state index in [2.05, 4.69) is 0 Å². The van der Waals surface area contributed by atoms with Crippen molar-refractivity contribution < 1.29 is 19.5 Å². The van der Waals surface area contributed by atoms with Gasteiger partial charge >= 0.3 is 0 Å². The van der Waals surface area contributed by atoms with Crippen LogP contribution in [0.15, 0.2) is 0 Å². The summed E-state index contributed by atoms with van der Waals surface area (Å²) in [4.78, 5) is 9.51. The Kier molecular flexibility index (Phi) is 7.27. The lowest BCUT2D eigenvalue weighted by atomic mass is 10.2. The van der Waals surface area contributed by atoms with E-state index in [1.54, 1.807) is 13.8 Å². The average molecular weight is 207 g/mol. The zero-order valence-corrected chi connectivity index (χ0v) is 8.51. The van der Waals surface area contributed by atoms with E-state index >= 15 is 0 Å². The molecule has 1 unspecified atom stereocenters. The number of aliphatic hydroxyl groups excluding tert-OH is 1. The summed E-state index contributed by atoms with van der Waals surface area (Å²) in [6.07, 6.45) is -1.45. The number of hydrogen-bond donors (Lipinski definition) is 1. The zero-order chi connectivity index (χ0) is 11.0. The fraction of sp³-hybridized carbons (Fsp3) is 1.00. The number of ether oxygens (including phenoxy) is 2. The van der Waals surface area contributed by atoms with Gasteiger partial charge in [0.25, 0.3) is 0 Å². The molecule has 6 nitrogen and oxygen atoms in total. The average Bonchev–Trinajstić information content (AvgIpc) is 2.03. The summed E-state index contributed by atoms with van der Waals surface area (Å²) in [6.45, 7) is 4.03. The molecule has 0 amide bonds. The van der Waals surface area contributed by atoms with Gasteiger partial charge in [-0.1, -0.05) is 0 Å². The highest BCUT2D eigenvalue weighted by Crippen LogP contribution is 2.05. The van der Waals surface area contributed by atoms with E-state index in [1.165, 1.54) is 0 Å². The predicted octanol–water partition coefficient (Wildman–Crippen LogP) is 0.413. The molecule has 84 valence electrons. The van der Waals surface area contributed by atoms with Gasteiger partial charge in [0, 0.05) is 24.6 Å². The Morgan fingerprint density at radius 2 is 1.86 bits per heavy atom. The maximum absolute atomic E-state index is 10.1. The molecule has 0 spiro atoms. The van der Waals surface area contributed by atoms with Crippen molar-refractivity contribution >= 4 is 0 Å². The fourth-order valence-electron chi connectivity index (χ4n) is 1.02. The van der Waals surface area contributed by atoms with Crippen molar-refractivity contribution in [3.05, 3.63) is 10.1 Å². The largest absolute Gasteiger partial charge is 0.386 e. The van der Waals surface area contributed by atoms with Crippen LogP contribution in [0.3, 0.4) is 0 Å². The molecule has 1 N–H and O–H groups in total. The van der Waals surface area contributed by atoms with Gasteiger partial charge in [-0.3, -0.25) is 10.1 Å². The van der Waals surface area contributed by atoms with Crippen molar-refractivity contribution in [2.45, 2.75) is 32.7 Å². The Hall–Kier alpha value is -0.720. The molecule has 14 heavy (non-hydrogen) atoms. The van der Waals surface area contributed by atoms with Crippen LogP contribution in [0.4, 0.5) is 0 Å². The summed E-state index contributed by atoms with van der Waals surface area (Å²) in [5, 5.41) is 19.3. The fourth-order valence-corrected chi connectivity index (χ4v) is 1.02. The molecule has 0 aliphatic carbocycles. The van der Waals surface area contributed by atoms with Crippen LogP contribution in [0.5, 0.6) is 0 Å². The molecule has 0 aromatic rings. The van der Waals surface area contributed by atoms with Crippen LogP contribution in [-0.4, -0.2) is 42.2 Å². The standard InChI is InChI=1S/C8H17NO5/c1-3-13-8(14-4-2)5-7(10)6-9(11)12/h7-8,10H,3-6H2,1-2H3. The van der Waals surface area contributed by atoms with Crippen molar-refractivity contribution in [3.8, 4) is 0 Å². The van der Waals surface area contributed by atoms with Crippen LogP contribution >= 0.6 is 0 Å². The Balaban J connectivity index is 3.81. The van der Waals surface area contributed by atoms with E-state index in [4.69, 9.17) is 9.47 Å². The van der Waals surface area contributed by atoms with E-state index in [0.717, 1.165) is 0 Å². The van der Waals surface area contributed by atoms with Gasteiger partial charge in [0.15, 0.2) is 6.29 Å². The molecule has 0 aliphatic rings. The quantitative estimate of drug-likeness (QED) is 0.354. The summed E-state index contributed by atoms with van der Waals surface area (Å²) in [6, 6.07) is 0. The van der Waals surface area contributed by atoms with Gasteiger partial charge in [-0.05, 0) is 13.8 Å². The molecule has 6 heteroatoms. The first-order valence-electron chi connectivity index (χ1n) is 4.63. The SMILES string of the molecule is CCOC(CC(O)C[N+](=O)[O-])OCC. The third kappa shape index (κ3) is 6.76. The van der Waals surface area contributed by atoms with Crippen molar-refractivity contribution in [2.24, 2.45) is 0 Å². The van der Waals surface area contributed by atoms with Gasteiger partial charge in [0.1, 0.15) is 6.10 Å². The molecular weight excluding hydrogens is 190 g/mol. The van der Waals surface area contributed by atoms with Crippen LogP contribution in [-0.2, 0) is 9.47 Å². The Labute approximate surface area is 83.0 Å². The molecule has 0 aromatic heterocycles. The summed E-state index contributed by atoms with van der Waals surface area (Å²) in [5.74, 6) is 0. The van der Waals surface area contributed by atoms with Gasteiger partial charge in [-0.25, -0.2) is 0 Å². The molecular formula is C8H17NO5. The first kappa shape index (κ1) is 13.3. The lowest BCUT2D eigenvalue weighted by molar-refractivity contribution is -0.491. The number of nitrogens with zero attached hydrogens (tertiary/aromatic N) is 1. The summed E-state index contributed by atoms with van der Waals surface area (Å²) < 4.78 is 10.3. The second-order valence-corrected chi connectivity index (χ2v) is 2.75. The van der Waals surface area contributed by atoms with Gasteiger partial charge in [-0.2, -0.15) is 0 Å². The predicted molar refractivity (Wildman–Crippen MR) is 49.5 cm³/mol. The van der Waals surface area contributed by atoms with Crippen LogP contribution < -0.4 is 0 Å². The van der Waals surface area contributed by atoms with Crippen LogP contribution in [0.1, 0.15) is 20.3 Å². The molecule has 0 saturated carbocycles. The summed E-state index contributed by atoms with van der Waals surface area (Å²) >= 11 is 0. The molecule has 0 bridgehead atoms. The smallest absolute Gasteiger partial charge is 0.229 e. The third-order valence-corrected chi connectivity index (χ3v) is 1.53. The second kappa shape index (κ2) is 7.66. The second-order valence-electron chi connectivity index (χ2n) is 2.75. The van der Waals surface area contributed by atoms with Gasteiger partial charge in [0.2, 0.25) is 6.54 Å². The van der Waals surface area contributed by atoms with Gasteiger partial charge in [0.05, 0.1) is 0 Å². The normalized spacial score (nSPS) is 13.1. The molecule has 0 aliphatic heterocycles. The Bertz CT molecular complexity index is 158. The van der Waals surface area contributed by atoms with Crippen molar-refractivity contribution in [2.75, 3.05) is 19.8 Å². The number of hydrogen-bond acceptors (Lipinski definition) is 5. The van der Waals surface area contributed by atoms with Crippen molar-refractivity contribution in [1.82, 2.24) is 0 Å². The van der Waals surface area contributed by atoms with E-state index < -0.39 is 23.9 Å². The number of rotatable bonds is 8. The first-order valence-corrected chi connectivity index (χ1v) is 4.63. The third-order valence-electron chi connectivity index (χ3n) is 1.53. The van der Waals surface area contributed by atoms with Crippen LogP contribution in [0.25, 0.3) is 0 Å². The van der Waals surface area contributed by atoms with Crippen LogP contribution in [0, 0.1) is 10.1 Å². The number of nitro groups is 1. The van der Waals surface area contributed by atoms with Gasteiger partial charge in [-0.15, -0.1) is 0 Å². The minimum absolute atomic E-state index is 0.128. The topological polar surface area (TPSA) is 81.8 Å². The lowest BCUT2D eigenvalue weighted by Crippen LogP contribution is -2.28. The van der Waals surface area contributed by atoms with E-state index in [1.807, 2.05) is 0 Å². The highest BCUT2D eigenvalue weighted by atomic mass is 16.7. The maximum atomic E-state index is 10.1. The van der Waals surface area contributed by atoms with Crippen molar-refractivity contribution in [1.29, 1.82) is 0 Å². The van der Waals surface area contributed by atoms with Gasteiger partial charge < -0.3 is 14.6 Å². The van der Waals surface area contributed by atoms with E-state index in [9.17, 15) is 15.2 Å². The summed E-state index contributed by atoms with van der Waals surface area (Å²) in [5.41, 5.74) is 0. The molecule has 0 fully saturated rings. The molecule has 0 radical (unpaired) electrons. The van der Waals surface area contributed by atoms with Crippen molar-refractivity contribution in [3.63, 3.8) is 0 Å². The first-order chi connectivity index (χ1) is 6.60. The molecule has 1 atom stereocenters. The lowest BCUT2D eigenvalue weighted by Gasteiger charge is -2.18. The van der Waals surface area contributed by atoms with Crippen LogP contribution in [0.2, 0.25) is 0 Å². The monoisotopic (exact) mass is 207 g/mol. The zero-order valence-electron chi connectivity index (χ0n) is 8.51. The van der Waals surface area contributed by atoms with E-state index in [-0.39, 0.29) is 6.42 Å². The highest BCUT2D eigenvalue weighted by Gasteiger charge is 2.18. The minimum Gasteiger partial charge on any atom is -0.386 e. The minimum atomic E-state index is -1.02. The molecule has 0 rings (SSSR count). The Morgan fingerprint density at radius 3 is 2.21 bits per heavy atom. The molecule has 0 saturated heterocycles. The molecule has 0 aromatic carbocycles. The highest BCUT2D eigenvalue weighted by molar-refractivity contribution is 4.56. The van der Waals surface area contributed by atoms with E-state index in [0.29, 0.717) is 13.2 Å².